The molecule has 2 aromatic heterocycles. The second-order valence-corrected chi connectivity index (χ2v) is 9.94. The van der Waals surface area contributed by atoms with Crippen molar-refractivity contribution in [3.63, 3.8) is 0 Å². The molecule has 184 valence electrons. The van der Waals surface area contributed by atoms with E-state index in [2.05, 4.69) is 28.5 Å². The van der Waals surface area contributed by atoms with Crippen molar-refractivity contribution in [1.82, 2.24) is 14.9 Å². The third-order valence-electron chi connectivity index (χ3n) is 7.08. The number of carboxylic acid groups (broad SMARTS) is 1. The molecule has 2 heterocycles. The fraction of sp³-hybridized carbons (Fsp3) is 0.276. The Hall–Kier alpha value is -3.64. The first-order chi connectivity index (χ1) is 17.5. The number of nitrogens with zero attached hydrogens (tertiary/aromatic N) is 2. The summed E-state index contributed by atoms with van der Waals surface area (Å²) in [7, 11) is 0. The van der Waals surface area contributed by atoms with E-state index in [1.807, 2.05) is 53.4 Å². The Kier molecular flexibility index (Phi) is 7.05. The second-order valence-electron chi connectivity index (χ2n) is 9.50. The minimum Gasteiger partial charge on any atom is -0.481 e. The number of aromatic nitrogens is 2. The van der Waals surface area contributed by atoms with Crippen molar-refractivity contribution in [2.75, 3.05) is 6.54 Å². The van der Waals surface area contributed by atoms with Gasteiger partial charge in [0.25, 0.3) is 5.91 Å². The van der Waals surface area contributed by atoms with Crippen LogP contribution in [0.1, 0.15) is 41.7 Å². The number of carbonyl (C=O) groups is 2. The Bertz CT molecular complexity index is 1370. The lowest BCUT2D eigenvalue weighted by molar-refractivity contribution is -0.143. The summed E-state index contributed by atoms with van der Waals surface area (Å²) < 4.78 is 2.03. The number of hydrogen-bond acceptors (Lipinski definition) is 3. The van der Waals surface area contributed by atoms with Gasteiger partial charge in [0.2, 0.25) is 0 Å². The van der Waals surface area contributed by atoms with Gasteiger partial charge in [-0.2, -0.15) is 0 Å². The smallest absolute Gasteiger partial charge is 0.306 e. The standard InChI is InChI=1S/C29H28ClN3O3/c30-24-14-22-12-13-33(18-25-11-10-23(17-31-25)20-4-2-1-3-5-20)27(22)26(15-24)28(34)32-16-19-6-8-21(9-7-19)29(35)36/h1-5,10-15,17,19,21H,6-9,16,18H2,(H,32,34)(H,35,36). The van der Waals surface area contributed by atoms with Gasteiger partial charge in [0.1, 0.15) is 0 Å². The molecule has 1 aliphatic rings. The normalized spacial score (nSPS) is 17.7. The number of pyridine rings is 1. The summed E-state index contributed by atoms with van der Waals surface area (Å²) in [5, 5.41) is 13.7. The average Bonchev–Trinajstić information content (AvgIpc) is 3.30. The number of fused-ring (bicyclic) bond motifs is 1. The predicted octanol–water partition coefficient (Wildman–Crippen LogP) is 6.03. The Morgan fingerprint density at radius 2 is 1.78 bits per heavy atom. The molecule has 1 saturated carbocycles. The van der Waals surface area contributed by atoms with Gasteiger partial charge < -0.3 is 15.0 Å². The Morgan fingerprint density at radius 1 is 1.00 bits per heavy atom. The molecular weight excluding hydrogens is 474 g/mol. The molecule has 0 unspecified atom stereocenters. The Balaban J connectivity index is 1.32. The van der Waals surface area contributed by atoms with Crippen LogP contribution in [0.4, 0.5) is 0 Å². The first kappa shape index (κ1) is 24.1. The zero-order chi connectivity index (χ0) is 25.1. The zero-order valence-electron chi connectivity index (χ0n) is 19.9. The molecular formula is C29H28ClN3O3. The first-order valence-electron chi connectivity index (χ1n) is 12.3. The third kappa shape index (κ3) is 5.29. The zero-order valence-corrected chi connectivity index (χ0v) is 20.6. The maximum absolute atomic E-state index is 13.2. The summed E-state index contributed by atoms with van der Waals surface area (Å²) in [5.74, 6) is -0.861. The van der Waals surface area contributed by atoms with Gasteiger partial charge in [0, 0.05) is 34.9 Å². The Labute approximate surface area is 214 Å². The summed E-state index contributed by atoms with van der Waals surface area (Å²) in [6.07, 6.45) is 6.77. The molecule has 0 saturated heterocycles. The number of nitrogens with one attached hydrogen (secondary N) is 1. The number of benzene rings is 2. The van der Waals surface area contributed by atoms with E-state index >= 15 is 0 Å². The lowest BCUT2D eigenvalue weighted by Crippen LogP contribution is -2.32. The Morgan fingerprint density at radius 3 is 2.47 bits per heavy atom. The van der Waals surface area contributed by atoms with Crippen molar-refractivity contribution in [3.8, 4) is 11.1 Å². The minimum absolute atomic E-state index is 0.171. The number of carboxylic acids is 1. The van der Waals surface area contributed by atoms with Crippen molar-refractivity contribution in [2.24, 2.45) is 11.8 Å². The fourth-order valence-corrected chi connectivity index (χ4v) is 5.28. The molecule has 36 heavy (non-hydrogen) atoms. The average molecular weight is 502 g/mol. The lowest BCUT2D eigenvalue weighted by Gasteiger charge is -2.26. The highest BCUT2D eigenvalue weighted by Crippen LogP contribution is 2.29. The molecule has 1 fully saturated rings. The first-order valence-corrected chi connectivity index (χ1v) is 12.7. The number of aliphatic carboxylic acids is 1. The topological polar surface area (TPSA) is 84.2 Å². The molecule has 0 radical (unpaired) electrons. The van der Waals surface area contributed by atoms with Crippen LogP contribution in [-0.4, -0.2) is 33.1 Å². The van der Waals surface area contributed by atoms with Crippen LogP contribution in [0.3, 0.4) is 0 Å². The molecule has 2 N–H and O–H groups in total. The fourth-order valence-electron chi connectivity index (χ4n) is 5.06. The van der Waals surface area contributed by atoms with Gasteiger partial charge in [-0.1, -0.05) is 48.0 Å². The van der Waals surface area contributed by atoms with Crippen molar-refractivity contribution < 1.29 is 14.7 Å². The van der Waals surface area contributed by atoms with Crippen LogP contribution in [0.5, 0.6) is 0 Å². The highest BCUT2D eigenvalue weighted by atomic mass is 35.5. The number of hydrogen-bond donors (Lipinski definition) is 2. The van der Waals surface area contributed by atoms with Crippen LogP contribution in [0.25, 0.3) is 22.0 Å². The summed E-state index contributed by atoms with van der Waals surface area (Å²) in [6.45, 7) is 1.06. The summed E-state index contributed by atoms with van der Waals surface area (Å²) in [6, 6.07) is 19.7. The molecule has 1 amide bonds. The molecule has 2 aromatic carbocycles. The van der Waals surface area contributed by atoms with E-state index in [9.17, 15) is 14.7 Å². The maximum Gasteiger partial charge on any atom is 0.306 e. The second kappa shape index (κ2) is 10.5. The van der Waals surface area contributed by atoms with Gasteiger partial charge in [-0.05, 0) is 61.4 Å². The molecule has 7 heteroatoms. The molecule has 0 aliphatic heterocycles. The highest BCUT2D eigenvalue weighted by Gasteiger charge is 2.26. The van der Waals surface area contributed by atoms with E-state index in [-0.39, 0.29) is 11.8 Å². The van der Waals surface area contributed by atoms with Crippen LogP contribution in [0.2, 0.25) is 5.02 Å². The molecule has 6 nitrogen and oxygen atoms in total. The maximum atomic E-state index is 13.2. The van der Waals surface area contributed by atoms with E-state index in [1.54, 1.807) is 6.07 Å². The van der Waals surface area contributed by atoms with Gasteiger partial charge in [-0.25, -0.2) is 0 Å². The van der Waals surface area contributed by atoms with Gasteiger partial charge in [-0.15, -0.1) is 0 Å². The van der Waals surface area contributed by atoms with E-state index < -0.39 is 5.97 Å². The SMILES string of the molecule is O=C(NCC1CCC(C(=O)O)CC1)c1cc(Cl)cc2ccn(Cc3ccc(-c4ccccc4)cn3)c12. The quantitative estimate of drug-likeness (QED) is 0.324. The lowest BCUT2D eigenvalue weighted by atomic mass is 9.82. The monoisotopic (exact) mass is 501 g/mol. The predicted molar refractivity (Wildman–Crippen MR) is 141 cm³/mol. The van der Waals surface area contributed by atoms with Gasteiger partial charge >= 0.3 is 5.97 Å². The largest absolute Gasteiger partial charge is 0.481 e. The molecule has 4 aromatic rings. The van der Waals surface area contributed by atoms with Crippen LogP contribution < -0.4 is 5.32 Å². The van der Waals surface area contributed by atoms with Crippen LogP contribution >= 0.6 is 11.6 Å². The van der Waals surface area contributed by atoms with E-state index in [0.29, 0.717) is 42.4 Å². The molecule has 0 spiro atoms. The number of halogens is 1. The highest BCUT2D eigenvalue weighted by molar-refractivity contribution is 6.32. The van der Waals surface area contributed by atoms with E-state index in [4.69, 9.17) is 11.6 Å². The van der Waals surface area contributed by atoms with Gasteiger partial charge in [-0.3, -0.25) is 14.6 Å². The molecule has 5 rings (SSSR count). The van der Waals surface area contributed by atoms with E-state index in [1.165, 1.54) is 0 Å². The summed E-state index contributed by atoms with van der Waals surface area (Å²) in [5.41, 5.74) is 4.42. The number of amides is 1. The van der Waals surface area contributed by atoms with Crippen molar-refractivity contribution >= 4 is 34.4 Å². The minimum atomic E-state index is -0.719. The van der Waals surface area contributed by atoms with Gasteiger partial charge in [0.15, 0.2) is 0 Å². The van der Waals surface area contributed by atoms with Gasteiger partial charge in [0.05, 0.1) is 29.2 Å². The number of rotatable bonds is 7. The molecule has 0 atom stereocenters. The van der Waals surface area contributed by atoms with Crippen LogP contribution in [-0.2, 0) is 11.3 Å². The molecule has 0 bridgehead atoms. The van der Waals surface area contributed by atoms with Crippen LogP contribution in [0.15, 0.2) is 73.1 Å². The van der Waals surface area contributed by atoms with Crippen LogP contribution in [0, 0.1) is 11.8 Å². The van der Waals surface area contributed by atoms with Crippen molar-refractivity contribution in [2.45, 2.75) is 32.2 Å². The van der Waals surface area contributed by atoms with E-state index in [0.717, 1.165) is 40.6 Å². The van der Waals surface area contributed by atoms with Crippen molar-refractivity contribution in [1.29, 1.82) is 0 Å². The third-order valence-corrected chi connectivity index (χ3v) is 7.30. The van der Waals surface area contributed by atoms with Crippen molar-refractivity contribution in [3.05, 3.63) is 89.3 Å². The number of carbonyl (C=O) groups excluding carboxylic acids is 1. The molecule has 1 aliphatic carbocycles. The summed E-state index contributed by atoms with van der Waals surface area (Å²) in [4.78, 5) is 29.1. The summed E-state index contributed by atoms with van der Waals surface area (Å²) >= 11 is 6.35.